The minimum atomic E-state index is -4.64. The lowest BCUT2D eigenvalue weighted by atomic mass is 10.1. The van der Waals surface area contributed by atoms with Crippen LogP contribution in [-0.4, -0.2) is 31.4 Å². The molecule has 0 fully saturated rings. The molecule has 19 heavy (non-hydrogen) atoms. The van der Waals surface area contributed by atoms with Gasteiger partial charge in [0.2, 0.25) is 9.84 Å². The molecule has 0 aliphatic rings. The van der Waals surface area contributed by atoms with Crippen LogP contribution in [-0.2, 0) is 9.84 Å². The van der Waals surface area contributed by atoms with Crippen LogP contribution in [0.5, 0.6) is 0 Å². The predicted molar refractivity (Wildman–Crippen MR) is 69.0 cm³/mol. The van der Waals surface area contributed by atoms with Crippen LogP contribution < -0.4 is 5.32 Å². The summed E-state index contributed by atoms with van der Waals surface area (Å²) in [4.78, 5) is -0.428. The summed E-state index contributed by atoms with van der Waals surface area (Å²) in [5.41, 5.74) is 0.121. The number of para-hydroxylation sites is 1. The molecular weight excluding hydrogens is 276 g/mol. The molecule has 0 spiro atoms. The number of alkyl halides is 2. The van der Waals surface area contributed by atoms with Crippen molar-refractivity contribution in [3.05, 3.63) is 24.3 Å². The van der Waals surface area contributed by atoms with Crippen LogP contribution in [0.1, 0.15) is 20.3 Å². The number of aliphatic hydroxyl groups is 1. The number of nitrogens with one attached hydrogen (secondary N) is 1. The summed E-state index contributed by atoms with van der Waals surface area (Å²) in [6.45, 7) is 3.33. The molecule has 1 aromatic rings. The van der Waals surface area contributed by atoms with E-state index in [-0.39, 0.29) is 11.7 Å². The number of hydrogen-bond donors (Lipinski definition) is 2. The molecule has 108 valence electrons. The number of rotatable bonds is 6. The Morgan fingerprint density at radius 3 is 2.37 bits per heavy atom. The molecule has 0 saturated carbocycles. The topological polar surface area (TPSA) is 66.4 Å². The van der Waals surface area contributed by atoms with Gasteiger partial charge in [-0.2, -0.15) is 8.78 Å². The third kappa shape index (κ3) is 4.14. The molecule has 0 radical (unpaired) electrons. The fraction of sp³-hybridized carbons (Fsp3) is 0.500. The Morgan fingerprint density at radius 1 is 1.26 bits per heavy atom. The maximum atomic E-state index is 12.6. The Morgan fingerprint density at radius 2 is 1.84 bits per heavy atom. The maximum Gasteiger partial charge on any atom is 0.341 e. The molecule has 0 aromatic heterocycles. The summed E-state index contributed by atoms with van der Waals surface area (Å²) in [5.74, 6) is -3.46. The summed E-state index contributed by atoms with van der Waals surface area (Å²) in [7, 11) is -4.64. The minimum Gasteiger partial charge on any atom is -0.393 e. The van der Waals surface area contributed by atoms with Gasteiger partial charge in [0.05, 0.1) is 16.7 Å². The van der Waals surface area contributed by atoms with Crippen molar-refractivity contribution in [3.63, 3.8) is 0 Å². The molecule has 2 unspecified atom stereocenters. The highest BCUT2D eigenvalue weighted by molar-refractivity contribution is 7.91. The van der Waals surface area contributed by atoms with Crippen LogP contribution in [0.25, 0.3) is 0 Å². The quantitative estimate of drug-likeness (QED) is 0.844. The summed E-state index contributed by atoms with van der Waals surface area (Å²) in [6.07, 6.45) is -0.190. The fourth-order valence-electron chi connectivity index (χ4n) is 1.77. The van der Waals surface area contributed by atoms with E-state index >= 15 is 0 Å². The van der Waals surface area contributed by atoms with Crippen molar-refractivity contribution in [2.75, 3.05) is 5.32 Å². The lowest BCUT2D eigenvalue weighted by molar-refractivity contribution is 0.179. The monoisotopic (exact) mass is 293 g/mol. The highest BCUT2D eigenvalue weighted by Crippen LogP contribution is 2.26. The zero-order chi connectivity index (χ0) is 14.6. The second-order valence-corrected chi connectivity index (χ2v) is 6.32. The molecule has 1 rings (SSSR count). The number of hydrogen-bond acceptors (Lipinski definition) is 4. The van der Waals surface area contributed by atoms with Crippen LogP contribution in [0, 0.1) is 0 Å². The average molecular weight is 293 g/mol. The molecule has 0 saturated heterocycles. The maximum absolute atomic E-state index is 12.6. The third-order valence-corrected chi connectivity index (χ3v) is 3.96. The number of benzene rings is 1. The van der Waals surface area contributed by atoms with E-state index in [2.05, 4.69) is 5.32 Å². The molecule has 0 aliphatic heterocycles. The number of aliphatic hydroxyl groups excluding tert-OH is 1. The van der Waals surface area contributed by atoms with Crippen molar-refractivity contribution in [1.29, 1.82) is 0 Å². The summed E-state index contributed by atoms with van der Waals surface area (Å²) < 4.78 is 48.2. The molecule has 1 aromatic carbocycles. The summed E-state index contributed by atoms with van der Waals surface area (Å²) >= 11 is 0. The van der Waals surface area contributed by atoms with Gasteiger partial charge in [0.25, 0.3) is 0 Å². The molecule has 4 nitrogen and oxygen atoms in total. The van der Waals surface area contributed by atoms with E-state index in [4.69, 9.17) is 0 Å². The SMILES string of the molecule is CC(O)CC(C)Nc1ccccc1S(=O)(=O)C(F)F. The van der Waals surface area contributed by atoms with Crippen LogP contribution in [0.3, 0.4) is 0 Å². The van der Waals surface area contributed by atoms with E-state index in [9.17, 15) is 22.3 Å². The Bertz CT molecular complexity index is 517. The Balaban J connectivity index is 3.04. The van der Waals surface area contributed by atoms with Gasteiger partial charge in [-0.3, -0.25) is 0 Å². The zero-order valence-electron chi connectivity index (χ0n) is 10.7. The first kappa shape index (κ1) is 15.8. The summed E-state index contributed by atoms with van der Waals surface area (Å²) in [6, 6.07) is 5.27. The van der Waals surface area contributed by atoms with Gasteiger partial charge in [-0.15, -0.1) is 0 Å². The van der Waals surface area contributed by atoms with Gasteiger partial charge in [-0.05, 0) is 32.4 Å². The zero-order valence-corrected chi connectivity index (χ0v) is 11.5. The first-order valence-electron chi connectivity index (χ1n) is 5.81. The molecule has 2 N–H and O–H groups in total. The molecular formula is C12H17F2NO3S. The third-order valence-electron chi connectivity index (χ3n) is 2.52. The molecule has 0 bridgehead atoms. The largest absolute Gasteiger partial charge is 0.393 e. The first-order chi connectivity index (χ1) is 8.75. The molecule has 2 atom stereocenters. The van der Waals surface area contributed by atoms with Gasteiger partial charge in [-0.25, -0.2) is 8.42 Å². The van der Waals surface area contributed by atoms with E-state index in [1.807, 2.05) is 0 Å². The van der Waals surface area contributed by atoms with Gasteiger partial charge < -0.3 is 10.4 Å². The molecule has 0 heterocycles. The Hall–Kier alpha value is -1.21. The van der Waals surface area contributed by atoms with Crippen molar-refractivity contribution < 1.29 is 22.3 Å². The predicted octanol–water partition coefficient (Wildman–Crippen LogP) is 2.25. The van der Waals surface area contributed by atoms with E-state index in [1.165, 1.54) is 12.1 Å². The van der Waals surface area contributed by atoms with E-state index in [0.29, 0.717) is 6.42 Å². The highest BCUT2D eigenvalue weighted by atomic mass is 32.2. The van der Waals surface area contributed by atoms with Gasteiger partial charge >= 0.3 is 5.76 Å². The van der Waals surface area contributed by atoms with Gasteiger partial charge in [0.15, 0.2) is 0 Å². The van der Waals surface area contributed by atoms with Gasteiger partial charge in [-0.1, -0.05) is 12.1 Å². The number of anilines is 1. The fourth-order valence-corrected chi connectivity index (χ4v) is 2.66. The minimum absolute atomic E-state index is 0.121. The van der Waals surface area contributed by atoms with Crippen molar-refractivity contribution in [2.45, 2.75) is 43.1 Å². The number of sulfone groups is 1. The van der Waals surface area contributed by atoms with E-state index in [0.717, 1.165) is 6.07 Å². The standard InChI is InChI=1S/C12H17F2NO3S/c1-8(7-9(2)16)15-10-5-3-4-6-11(10)19(17,18)12(13)14/h3-6,8-9,12,15-16H,7H2,1-2H3. The van der Waals surface area contributed by atoms with Crippen LogP contribution in [0.15, 0.2) is 29.2 Å². The summed E-state index contributed by atoms with van der Waals surface area (Å²) in [5, 5.41) is 12.1. The van der Waals surface area contributed by atoms with Gasteiger partial charge in [0.1, 0.15) is 0 Å². The lowest BCUT2D eigenvalue weighted by Gasteiger charge is -2.19. The Labute approximate surface area is 111 Å². The highest BCUT2D eigenvalue weighted by Gasteiger charge is 2.29. The van der Waals surface area contributed by atoms with Crippen molar-refractivity contribution in [3.8, 4) is 0 Å². The smallest absolute Gasteiger partial charge is 0.341 e. The first-order valence-corrected chi connectivity index (χ1v) is 7.35. The Kier molecular flexibility index (Phi) is 5.25. The second-order valence-electron chi connectivity index (χ2n) is 4.43. The second kappa shape index (κ2) is 6.29. The van der Waals surface area contributed by atoms with Crippen LogP contribution >= 0.6 is 0 Å². The molecule has 0 aliphatic carbocycles. The van der Waals surface area contributed by atoms with Crippen molar-refractivity contribution >= 4 is 15.5 Å². The molecule has 7 heteroatoms. The van der Waals surface area contributed by atoms with Gasteiger partial charge in [0, 0.05) is 6.04 Å². The normalized spacial score (nSPS) is 15.3. The van der Waals surface area contributed by atoms with Crippen LogP contribution in [0.2, 0.25) is 0 Å². The molecule has 0 amide bonds. The average Bonchev–Trinajstić information content (AvgIpc) is 2.27. The van der Waals surface area contributed by atoms with Crippen molar-refractivity contribution in [1.82, 2.24) is 0 Å². The number of halogens is 2. The lowest BCUT2D eigenvalue weighted by Crippen LogP contribution is -2.22. The van der Waals surface area contributed by atoms with E-state index < -0.39 is 26.6 Å². The van der Waals surface area contributed by atoms with Crippen molar-refractivity contribution in [2.24, 2.45) is 0 Å². The van der Waals surface area contributed by atoms with Crippen LogP contribution in [0.4, 0.5) is 14.5 Å². The van der Waals surface area contributed by atoms with E-state index in [1.54, 1.807) is 19.9 Å².